The van der Waals surface area contributed by atoms with Gasteiger partial charge in [-0.25, -0.2) is 4.98 Å². The van der Waals surface area contributed by atoms with Crippen LogP contribution in [-0.2, 0) is 11.2 Å². The van der Waals surface area contributed by atoms with Crippen molar-refractivity contribution in [2.45, 2.75) is 18.9 Å². The second-order valence-corrected chi connectivity index (χ2v) is 7.05. The topological polar surface area (TPSA) is 72.5 Å². The number of aromatic nitrogens is 2. The van der Waals surface area contributed by atoms with Crippen molar-refractivity contribution in [3.05, 3.63) is 29.0 Å². The molecule has 2 aromatic rings. The Morgan fingerprint density at radius 3 is 2.92 bits per heavy atom. The van der Waals surface area contributed by atoms with Crippen LogP contribution in [0.4, 0.5) is 0 Å². The molecule has 130 valence electrons. The summed E-state index contributed by atoms with van der Waals surface area (Å²) < 4.78 is 0. The van der Waals surface area contributed by atoms with Crippen LogP contribution in [0, 0.1) is 5.92 Å². The molecule has 6 nitrogen and oxygen atoms in total. The molecule has 0 spiro atoms. The van der Waals surface area contributed by atoms with Crippen molar-refractivity contribution >= 4 is 28.5 Å². The summed E-state index contributed by atoms with van der Waals surface area (Å²) in [4.78, 5) is 24.1. The van der Waals surface area contributed by atoms with Gasteiger partial charge in [0.1, 0.15) is 5.82 Å². The molecule has 2 atom stereocenters. The van der Waals surface area contributed by atoms with E-state index in [1.165, 1.54) is 0 Å². The quantitative estimate of drug-likeness (QED) is 0.857. The van der Waals surface area contributed by atoms with Crippen molar-refractivity contribution in [1.29, 1.82) is 0 Å². The van der Waals surface area contributed by atoms with Gasteiger partial charge in [0, 0.05) is 49.5 Å². The Bertz CT molecular complexity index is 730. The van der Waals surface area contributed by atoms with E-state index in [9.17, 15) is 9.90 Å². The van der Waals surface area contributed by atoms with E-state index in [4.69, 9.17) is 11.6 Å². The van der Waals surface area contributed by atoms with E-state index >= 15 is 0 Å². The van der Waals surface area contributed by atoms with Crippen LogP contribution < -0.4 is 0 Å². The van der Waals surface area contributed by atoms with Gasteiger partial charge in [-0.2, -0.15) is 0 Å². The number of likely N-dealkylation sites (N-methyl/N-ethyl adjacent to an activating group) is 1. The average molecular weight is 351 g/mol. The number of halogens is 1. The minimum absolute atomic E-state index is 0.108. The predicted molar refractivity (Wildman–Crippen MR) is 94.1 cm³/mol. The standard InChI is InChI=1S/C17H23ClN4O2/c1-21(2)15-9-22(8-11(15)10-23)17(24)6-5-16-19-13-4-3-12(18)7-14(13)20-16/h3-4,7,11,15,23H,5-6,8-10H2,1-2H3,(H,19,20). The molecule has 1 saturated heterocycles. The van der Waals surface area contributed by atoms with Crippen molar-refractivity contribution in [2.75, 3.05) is 33.8 Å². The SMILES string of the molecule is CN(C)C1CN(C(=O)CCc2nc3ccc(Cl)cc3[nH]2)CC1CO. The zero-order valence-electron chi connectivity index (χ0n) is 14.0. The van der Waals surface area contributed by atoms with Crippen molar-refractivity contribution in [3.8, 4) is 0 Å². The lowest BCUT2D eigenvalue weighted by Gasteiger charge is -2.23. The summed E-state index contributed by atoms with van der Waals surface area (Å²) in [5.41, 5.74) is 1.75. The van der Waals surface area contributed by atoms with E-state index in [1.54, 1.807) is 6.07 Å². The van der Waals surface area contributed by atoms with Crippen molar-refractivity contribution in [2.24, 2.45) is 5.92 Å². The van der Waals surface area contributed by atoms with Crippen molar-refractivity contribution in [1.82, 2.24) is 19.8 Å². The lowest BCUT2D eigenvalue weighted by molar-refractivity contribution is -0.130. The number of imidazole rings is 1. The third-order valence-electron chi connectivity index (χ3n) is 4.73. The zero-order chi connectivity index (χ0) is 17.3. The fraction of sp³-hybridized carbons (Fsp3) is 0.529. The molecule has 1 aliphatic rings. The van der Waals surface area contributed by atoms with Gasteiger partial charge in [0.05, 0.1) is 11.0 Å². The van der Waals surface area contributed by atoms with Gasteiger partial charge in [0.2, 0.25) is 5.91 Å². The lowest BCUT2D eigenvalue weighted by atomic mass is 10.0. The number of nitrogens with one attached hydrogen (secondary N) is 1. The van der Waals surface area contributed by atoms with Crippen LogP contribution in [0.1, 0.15) is 12.2 Å². The zero-order valence-corrected chi connectivity index (χ0v) is 14.8. The Morgan fingerprint density at radius 2 is 2.25 bits per heavy atom. The Labute approximate surface area is 146 Å². The van der Waals surface area contributed by atoms with Gasteiger partial charge >= 0.3 is 0 Å². The molecule has 0 bridgehead atoms. The highest BCUT2D eigenvalue weighted by Crippen LogP contribution is 2.22. The first-order valence-electron chi connectivity index (χ1n) is 8.17. The summed E-state index contributed by atoms with van der Waals surface area (Å²) >= 11 is 5.98. The van der Waals surface area contributed by atoms with Crippen LogP contribution in [0.5, 0.6) is 0 Å². The smallest absolute Gasteiger partial charge is 0.223 e. The molecular formula is C17H23ClN4O2. The van der Waals surface area contributed by atoms with Crippen molar-refractivity contribution < 1.29 is 9.90 Å². The lowest BCUT2D eigenvalue weighted by Crippen LogP contribution is -2.37. The van der Waals surface area contributed by atoms with Gasteiger partial charge in [-0.05, 0) is 32.3 Å². The molecule has 1 aliphatic heterocycles. The highest BCUT2D eigenvalue weighted by atomic mass is 35.5. The number of carbonyl (C=O) groups excluding carboxylic acids is 1. The third-order valence-corrected chi connectivity index (χ3v) is 4.96. The fourth-order valence-electron chi connectivity index (χ4n) is 3.36. The molecular weight excluding hydrogens is 328 g/mol. The molecule has 3 rings (SSSR count). The van der Waals surface area contributed by atoms with E-state index < -0.39 is 0 Å². The van der Waals surface area contributed by atoms with Gasteiger partial charge in [0.15, 0.2) is 0 Å². The highest BCUT2D eigenvalue weighted by molar-refractivity contribution is 6.31. The number of hydrogen-bond donors (Lipinski definition) is 2. The van der Waals surface area contributed by atoms with Crippen LogP contribution in [0.15, 0.2) is 18.2 Å². The number of aromatic amines is 1. The Hall–Kier alpha value is -1.63. The number of benzene rings is 1. The predicted octanol–water partition coefficient (Wildman–Crippen LogP) is 1.53. The number of aliphatic hydroxyl groups is 1. The van der Waals surface area contributed by atoms with Gasteiger partial charge < -0.3 is 19.9 Å². The van der Waals surface area contributed by atoms with Gasteiger partial charge in [-0.3, -0.25) is 4.79 Å². The summed E-state index contributed by atoms with van der Waals surface area (Å²) in [6.45, 7) is 1.40. The largest absolute Gasteiger partial charge is 0.396 e. The number of aliphatic hydroxyl groups excluding tert-OH is 1. The monoisotopic (exact) mass is 350 g/mol. The first-order valence-corrected chi connectivity index (χ1v) is 8.55. The van der Waals surface area contributed by atoms with Crippen molar-refractivity contribution in [3.63, 3.8) is 0 Å². The van der Waals surface area contributed by atoms with Gasteiger partial charge in [0.25, 0.3) is 0 Å². The summed E-state index contributed by atoms with van der Waals surface area (Å²) in [6.07, 6.45) is 0.976. The molecule has 2 N–H and O–H groups in total. The van der Waals surface area contributed by atoms with E-state index in [0.717, 1.165) is 16.9 Å². The fourth-order valence-corrected chi connectivity index (χ4v) is 3.53. The van der Waals surface area contributed by atoms with Gasteiger partial charge in [-0.15, -0.1) is 0 Å². The summed E-state index contributed by atoms with van der Waals surface area (Å²) in [5, 5.41) is 10.2. The van der Waals surface area contributed by atoms with Gasteiger partial charge in [-0.1, -0.05) is 11.6 Å². The second-order valence-electron chi connectivity index (χ2n) is 6.62. The van der Waals surface area contributed by atoms with E-state index in [-0.39, 0.29) is 24.5 Å². The maximum Gasteiger partial charge on any atom is 0.223 e. The Morgan fingerprint density at radius 1 is 1.46 bits per heavy atom. The van der Waals surface area contributed by atoms with Crippen LogP contribution in [0.2, 0.25) is 5.02 Å². The first kappa shape index (κ1) is 17.2. The molecule has 1 fully saturated rings. The molecule has 1 aromatic carbocycles. The number of hydrogen-bond acceptors (Lipinski definition) is 4. The third kappa shape index (κ3) is 3.55. The van der Waals surface area contributed by atoms with E-state index in [1.807, 2.05) is 31.1 Å². The maximum absolute atomic E-state index is 12.5. The molecule has 24 heavy (non-hydrogen) atoms. The second kappa shape index (κ2) is 7.09. The molecule has 1 aromatic heterocycles. The number of H-pyrrole nitrogens is 1. The number of rotatable bonds is 5. The minimum atomic E-state index is 0.108. The maximum atomic E-state index is 12.5. The normalized spacial score (nSPS) is 21.1. The van der Waals surface area contributed by atoms with E-state index in [2.05, 4.69) is 14.9 Å². The molecule has 7 heteroatoms. The number of amides is 1. The number of aryl methyl sites for hydroxylation is 1. The Balaban J connectivity index is 1.60. The average Bonchev–Trinajstić information content (AvgIpc) is 3.15. The summed E-state index contributed by atoms with van der Waals surface area (Å²) in [6, 6.07) is 5.73. The number of fused-ring (bicyclic) bond motifs is 1. The molecule has 1 amide bonds. The number of likely N-dealkylation sites (tertiary alicyclic amines) is 1. The highest BCUT2D eigenvalue weighted by Gasteiger charge is 2.35. The molecule has 0 saturated carbocycles. The molecule has 2 unspecified atom stereocenters. The van der Waals surface area contributed by atoms with Crippen LogP contribution >= 0.6 is 11.6 Å². The molecule has 2 heterocycles. The first-order chi connectivity index (χ1) is 11.5. The van der Waals surface area contributed by atoms with E-state index in [0.29, 0.717) is 31.0 Å². The van der Waals surface area contributed by atoms with Crippen LogP contribution in [0.25, 0.3) is 11.0 Å². The number of nitrogens with zero attached hydrogens (tertiary/aromatic N) is 3. The summed E-state index contributed by atoms with van der Waals surface area (Å²) in [7, 11) is 3.97. The van der Waals surface area contributed by atoms with Crippen LogP contribution in [-0.4, -0.2) is 70.6 Å². The Kier molecular flexibility index (Phi) is 5.08. The summed E-state index contributed by atoms with van der Waals surface area (Å²) in [5.74, 6) is 1.02. The minimum Gasteiger partial charge on any atom is -0.396 e. The number of carbonyl (C=O) groups is 1. The molecule has 0 radical (unpaired) electrons. The molecule has 0 aliphatic carbocycles. The van der Waals surface area contributed by atoms with Crippen LogP contribution in [0.3, 0.4) is 0 Å².